The molecule has 2 rings (SSSR count). The normalized spacial score (nSPS) is 22.4. The van der Waals surface area contributed by atoms with Crippen molar-refractivity contribution in [3.05, 3.63) is 29.6 Å². The van der Waals surface area contributed by atoms with Gasteiger partial charge >= 0.3 is 0 Å². The lowest BCUT2D eigenvalue weighted by Gasteiger charge is -2.29. The minimum Gasteiger partial charge on any atom is -0.393 e. The quantitative estimate of drug-likeness (QED) is 0.898. The minimum atomic E-state index is -0.302. The van der Waals surface area contributed by atoms with Crippen LogP contribution in [-0.4, -0.2) is 40.1 Å². The van der Waals surface area contributed by atoms with Gasteiger partial charge in [0.05, 0.1) is 12.5 Å². The molecule has 0 bridgehead atoms. The maximum absolute atomic E-state index is 12.4. The highest BCUT2D eigenvalue weighted by molar-refractivity contribution is 5.78. The van der Waals surface area contributed by atoms with Gasteiger partial charge in [-0.2, -0.15) is 0 Å². The van der Waals surface area contributed by atoms with Gasteiger partial charge in [0, 0.05) is 25.0 Å². The highest BCUT2D eigenvalue weighted by Crippen LogP contribution is 2.28. The van der Waals surface area contributed by atoms with E-state index in [0.717, 1.165) is 17.7 Å². The summed E-state index contributed by atoms with van der Waals surface area (Å²) in [5.41, 5.74) is 1.88. The Hall–Kier alpha value is -1.42. The molecule has 0 radical (unpaired) electrons. The van der Waals surface area contributed by atoms with Crippen molar-refractivity contribution in [3.63, 3.8) is 0 Å². The Bertz CT molecular complexity index is 468. The average Bonchev–Trinajstić information content (AvgIpc) is 2.49. The number of aromatic nitrogens is 1. The molecule has 20 heavy (non-hydrogen) atoms. The molecule has 0 aliphatic carbocycles. The van der Waals surface area contributed by atoms with E-state index in [4.69, 9.17) is 0 Å². The van der Waals surface area contributed by atoms with Crippen molar-refractivity contribution >= 4 is 5.91 Å². The van der Waals surface area contributed by atoms with Crippen LogP contribution in [0.4, 0.5) is 0 Å². The monoisotopic (exact) mass is 276 g/mol. The molecule has 1 N–H and O–H groups in total. The fraction of sp³-hybridized carbons (Fsp3) is 0.625. The number of likely N-dealkylation sites (tertiary alicyclic amines) is 1. The van der Waals surface area contributed by atoms with E-state index in [1.165, 1.54) is 0 Å². The van der Waals surface area contributed by atoms with Crippen LogP contribution in [0.5, 0.6) is 0 Å². The number of carbonyl (C=O) groups is 1. The number of aliphatic hydroxyl groups is 1. The molecule has 4 nitrogen and oxygen atoms in total. The van der Waals surface area contributed by atoms with Crippen LogP contribution in [-0.2, 0) is 11.2 Å². The maximum Gasteiger partial charge on any atom is 0.227 e. The first-order valence-corrected chi connectivity index (χ1v) is 7.23. The second-order valence-corrected chi connectivity index (χ2v) is 6.61. The summed E-state index contributed by atoms with van der Waals surface area (Å²) >= 11 is 0. The number of rotatable bonds is 2. The molecule has 1 aromatic rings. The van der Waals surface area contributed by atoms with E-state index in [-0.39, 0.29) is 17.4 Å². The number of nitrogens with zero attached hydrogens (tertiary/aromatic N) is 2. The van der Waals surface area contributed by atoms with Crippen LogP contribution < -0.4 is 0 Å². The Balaban J connectivity index is 2.02. The zero-order valence-electron chi connectivity index (χ0n) is 12.6. The molecule has 1 aliphatic rings. The molecule has 4 heteroatoms. The van der Waals surface area contributed by atoms with Crippen molar-refractivity contribution < 1.29 is 9.90 Å². The highest BCUT2D eigenvalue weighted by Gasteiger charge is 2.31. The third-order valence-corrected chi connectivity index (χ3v) is 3.82. The van der Waals surface area contributed by atoms with E-state index >= 15 is 0 Å². The van der Waals surface area contributed by atoms with E-state index in [1.54, 1.807) is 6.20 Å². The first kappa shape index (κ1) is 15.0. The third-order valence-electron chi connectivity index (χ3n) is 3.82. The molecule has 0 saturated carbocycles. The van der Waals surface area contributed by atoms with Crippen molar-refractivity contribution in [1.82, 2.24) is 9.88 Å². The second-order valence-electron chi connectivity index (χ2n) is 6.61. The van der Waals surface area contributed by atoms with Crippen LogP contribution in [0.1, 0.15) is 37.9 Å². The van der Waals surface area contributed by atoms with Crippen LogP contribution in [0.2, 0.25) is 0 Å². The van der Waals surface area contributed by atoms with Crippen molar-refractivity contribution in [2.75, 3.05) is 13.1 Å². The number of aryl methyl sites for hydroxylation is 1. The van der Waals surface area contributed by atoms with Crippen molar-refractivity contribution in [3.8, 4) is 0 Å². The fourth-order valence-electron chi connectivity index (χ4n) is 2.81. The Morgan fingerprint density at radius 3 is 2.90 bits per heavy atom. The number of hydrogen-bond donors (Lipinski definition) is 1. The van der Waals surface area contributed by atoms with Gasteiger partial charge in [-0.3, -0.25) is 9.78 Å². The van der Waals surface area contributed by atoms with Gasteiger partial charge in [0.25, 0.3) is 0 Å². The van der Waals surface area contributed by atoms with E-state index < -0.39 is 0 Å². The van der Waals surface area contributed by atoms with E-state index in [9.17, 15) is 9.90 Å². The summed E-state index contributed by atoms with van der Waals surface area (Å²) < 4.78 is 0. The molecular formula is C16H24N2O2. The summed E-state index contributed by atoms with van der Waals surface area (Å²) in [6.45, 7) is 7.50. The average molecular weight is 276 g/mol. The molecule has 1 fully saturated rings. The van der Waals surface area contributed by atoms with Gasteiger partial charge in [0.1, 0.15) is 0 Å². The Morgan fingerprint density at radius 2 is 2.25 bits per heavy atom. The molecule has 1 saturated heterocycles. The molecule has 2 heterocycles. The van der Waals surface area contributed by atoms with Crippen LogP contribution in [0.25, 0.3) is 0 Å². The largest absolute Gasteiger partial charge is 0.393 e. The van der Waals surface area contributed by atoms with Crippen LogP contribution >= 0.6 is 0 Å². The molecule has 0 aromatic carbocycles. The number of carbonyl (C=O) groups excluding carboxylic acids is 1. The molecule has 1 amide bonds. The van der Waals surface area contributed by atoms with Gasteiger partial charge in [-0.1, -0.05) is 19.9 Å². The van der Waals surface area contributed by atoms with Gasteiger partial charge in [0.2, 0.25) is 5.91 Å². The second kappa shape index (κ2) is 5.92. The third kappa shape index (κ3) is 4.04. The number of aliphatic hydroxyl groups excluding tert-OH is 1. The SMILES string of the molecule is Cc1ccc(CC(=O)N2CCC(O)CC(C)(C)C2)cn1. The van der Waals surface area contributed by atoms with Crippen LogP contribution in [0.15, 0.2) is 18.3 Å². The summed E-state index contributed by atoms with van der Waals surface area (Å²) in [5, 5.41) is 9.90. The summed E-state index contributed by atoms with van der Waals surface area (Å²) in [6.07, 6.45) is 3.28. The smallest absolute Gasteiger partial charge is 0.227 e. The summed E-state index contributed by atoms with van der Waals surface area (Å²) in [5.74, 6) is 0.123. The van der Waals surface area contributed by atoms with Gasteiger partial charge < -0.3 is 10.0 Å². The maximum atomic E-state index is 12.4. The summed E-state index contributed by atoms with van der Waals surface area (Å²) in [4.78, 5) is 18.5. The van der Waals surface area contributed by atoms with Crippen LogP contribution in [0.3, 0.4) is 0 Å². The Kier molecular flexibility index (Phi) is 4.43. The molecule has 1 atom stereocenters. The van der Waals surface area contributed by atoms with Crippen LogP contribution in [0, 0.1) is 12.3 Å². The first-order valence-electron chi connectivity index (χ1n) is 7.23. The molecule has 1 unspecified atom stereocenters. The fourth-order valence-corrected chi connectivity index (χ4v) is 2.81. The Morgan fingerprint density at radius 1 is 1.50 bits per heavy atom. The minimum absolute atomic E-state index is 0.0307. The summed E-state index contributed by atoms with van der Waals surface area (Å²) in [6, 6.07) is 3.89. The molecule has 1 aromatic heterocycles. The van der Waals surface area contributed by atoms with E-state index in [0.29, 0.717) is 25.9 Å². The van der Waals surface area contributed by atoms with E-state index in [2.05, 4.69) is 18.8 Å². The molecule has 110 valence electrons. The molecule has 0 spiro atoms. The predicted octanol–water partition coefficient (Wildman–Crippen LogP) is 1.94. The number of pyridine rings is 1. The lowest BCUT2D eigenvalue weighted by atomic mass is 9.87. The standard InChI is InChI=1S/C16H24N2O2/c1-12-4-5-13(10-17-12)8-15(20)18-7-6-14(19)9-16(2,3)11-18/h4-5,10,14,19H,6-9,11H2,1-3H3. The van der Waals surface area contributed by atoms with E-state index in [1.807, 2.05) is 24.0 Å². The summed E-state index contributed by atoms with van der Waals surface area (Å²) in [7, 11) is 0. The van der Waals surface area contributed by atoms with Gasteiger partial charge in [-0.25, -0.2) is 0 Å². The zero-order valence-corrected chi connectivity index (χ0v) is 12.6. The highest BCUT2D eigenvalue weighted by atomic mass is 16.3. The van der Waals surface area contributed by atoms with Gasteiger partial charge in [-0.15, -0.1) is 0 Å². The lowest BCUT2D eigenvalue weighted by Crippen LogP contribution is -2.38. The topological polar surface area (TPSA) is 53.4 Å². The zero-order chi connectivity index (χ0) is 14.8. The number of amides is 1. The first-order chi connectivity index (χ1) is 9.35. The predicted molar refractivity (Wildman–Crippen MR) is 78.3 cm³/mol. The van der Waals surface area contributed by atoms with Gasteiger partial charge in [0.15, 0.2) is 0 Å². The molecule has 1 aliphatic heterocycles. The molecular weight excluding hydrogens is 252 g/mol. The van der Waals surface area contributed by atoms with Crippen molar-refractivity contribution in [2.45, 2.75) is 46.1 Å². The van der Waals surface area contributed by atoms with Gasteiger partial charge in [-0.05, 0) is 36.8 Å². The Labute approximate surface area is 120 Å². The van der Waals surface area contributed by atoms with Crippen molar-refractivity contribution in [2.24, 2.45) is 5.41 Å². The van der Waals surface area contributed by atoms with Crippen molar-refractivity contribution in [1.29, 1.82) is 0 Å². The number of hydrogen-bond acceptors (Lipinski definition) is 3. The lowest BCUT2D eigenvalue weighted by molar-refractivity contribution is -0.131.